The molecule has 0 fully saturated rings. The van der Waals surface area contributed by atoms with E-state index < -0.39 is 0 Å². The minimum atomic E-state index is -0.209. The zero-order valence-corrected chi connectivity index (χ0v) is 13.9. The van der Waals surface area contributed by atoms with Crippen LogP contribution in [0.1, 0.15) is 24.2 Å². The second-order valence-electron chi connectivity index (χ2n) is 5.35. The molecule has 24 heavy (non-hydrogen) atoms. The Balaban J connectivity index is 1.67. The summed E-state index contributed by atoms with van der Waals surface area (Å²) in [6, 6.07) is 8.96. The SMILES string of the molecule is CC(NC(=O)C=Cc1cc(Cl)c2c(c1)OCCO2)c1ccccn1. The molecule has 0 saturated carbocycles. The summed E-state index contributed by atoms with van der Waals surface area (Å²) in [4.78, 5) is 16.3. The van der Waals surface area contributed by atoms with Gasteiger partial charge in [-0.25, -0.2) is 0 Å². The van der Waals surface area contributed by atoms with Crippen molar-refractivity contribution in [2.24, 2.45) is 0 Å². The number of carbonyl (C=O) groups excluding carboxylic acids is 1. The summed E-state index contributed by atoms with van der Waals surface area (Å²) in [7, 11) is 0. The normalized spacial score (nSPS) is 14.4. The molecule has 2 heterocycles. The lowest BCUT2D eigenvalue weighted by atomic mass is 10.1. The number of amides is 1. The maximum absolute atomic E-state index is 12.1. The molecule has 1 amide bonds. The summed E-state index contributed by atoms with van der Waals surface area (Å²) < 4.78 is 11.0. The van der Waals surface area contributed by atoms with Crippen LogP contribution in [-0.4, -0.2) is 24.1 Å². The number of halogens is 1. The molecule has 5 nitrogen and oxygen atoms in total. The van der Waals surface area contributed by atoms with Gasteiger partial charge in [0.25, 0.3) is 0 Å². The predicted molar refractivity (Wildman–Crippen MR) is 92.3 cm³/mol. The van der Waals surface area contributed by atoms with Crippen LogP contribution in [0.25, 0.3) is 6.08 Å². The Hall–Kier alpha value is -2.53. The number of hydrogen-bond donors (Lipinski definition) is 1. The van der Waals surface area contributed by atoms with E-state index in [1.54, 1.807) is 24.4 Å². The van der Waals surface area contributed by atoms with E-state index in [2.05, 4.69) is 10.3 Å². The van der Waals surface area contributed by atoms with Gasteiger partial charge in [0.2, 0.25) is 5.91 Å². The molecule has 124 valence electrons. The fourth-order valence-corrected chi connectivity index (χ4v) is 2.64. The van der Waals surface area contributed by atoms with Crippen molar-refractivity contribution >= 4 is 23.6 Å². The molecule has 1 atom stereocenters. The third-order valence-corrected chi connectivity index (χ3v) is 3.82. The Labute approximate surface area is 145 Å². The quantitative estimate of drug-likeness (QED) is 0.864. The number of rotatable bonds is 4. The number of nitrogens with one attached hydrogen (secondary N) is 1. The summed E-state index contributed by atoms with van der Waals surface area (Å²) >= 11 is 6.18. The molecule has 1 N–H and O–H groups in total. The van der Waals surface area contributed by atoms with Crippen LogP contribution in [0.5, 0.6) is 11.5 Å². The van der Waals surface area contributed by atoms with Gasteiger partial charge in [-0.1, -0.05) is 17.7 Å². The molecule has 0 spiro atoms. The van der Waals surface area contributed by atoms with E-state index in [0.717, 1.165) is 11.3 Å². The highest BCUT2D eigenvalue weighted by atomic mass is 35.5. The van der Waals surface area contributed by atoms with Crippen molar-refractivity contribution in [3.05, 3.63) is 58.9 Å². The summed E-state index contributed by atoms with van der Waals surface area (Å²) in [5.41, 5.74) is 1.58. The molecule has 1 aromatic carbocycles. The van der Waals surface area contributed by atoms with Gasteiger partial charge in [-0.3, -0.25) is 9.78 Å². The zero-order chi connectivity index (χ0) is 16.9. The maximum atomic E-state index is 12.1. The monoisotopic (exact) mass is 344 g/mol. The Kier molecular flexibility index (Phi) is 5.01. The number of benzene rings is 1. The first-order chi connectivity index (χ1) is 11.6. The van der Waals surface area contributed by atoms with Gasteiger partial charge in [0, 0.05) is 12.3 Å². The van der Waals surface area contributed by atoms with Crippen LogP contribution >= 0.6 is 11.6 Å². The summed E-state index contributed by atoms with van der Waals surface area (Å²) in [5, 5.41) is 3.33. The lowest BCUT2D eigenvalue weighted by Gasteiger charge is -2.19. The van der Waals surface area contributed by atoms with Crippen molar-refractivity contribution in [2.45, 2.75) is 13.0 Å². The van der Waals surface area contributed by atoms with Crippen LogP contribution < -0.4 is 14.8 Å². The highest BCUT2D eigenvalue weighted by Gasteiger charge is 2.16. The van der Waals surface area contributed by atoms with E-state index in [1.807, 2.05) is 25.1 Å². The zero-order valence-electron chi connectivity index (χ0n) is 13.2. The molecule has 1 aliphatic heterocycles. The number of carbonyl (C=O) groups is 1. The molecule has 1 aromatic heterocycles. The molecular weight excluding hydrogens is 328 g/mol. The van der Waals surface area contributed by atoms with Crippen molar-refractivity contribution in [1.29, 1.82) is 0 Å². The van der Waals surface area contributed by atoms with E-state index in [9.17, 15) is 4.79 Å². The number of hydrogen-bond acceptors (Lipinski definition) is 4. The number of fused-ring (bicyclic) bond motifs is 1. The maximum Gasteiger partial charge on any atom is 0.244 e. The van der Waals surface area contributed by atoms with Gasteiger partial charge in [0.1, 0.15) is 13.2 Å². The number of pyridine rings is 1. The number of aromatic nitrogens is 1. The van der Waals surface area contributed by atoms with Gasteiger partial charge in [-0.2, -0.15) is 0 Å². The Morgan fingerprint density at radius 2 is 2.17 bits per heavy atom. The van der Waals surface area contributed by atoms with Crippen molar-refractivity contribution in [3.63, 3.8) is 0 Å². The smallest absolute Gasteiger partial charge is 0.244 e. The van der Waals surface area contributed by atoms with E-state index in [4.69, 9.17) is 21.1 Å². The van der Waals surface area contributed by atoms with Crippen LogP contribution in [0, 0.1) is 0 Å². The number of nitrogens with zero attached hydrogens (tertiary/aromatic N) is 1. The molecule has 0 aliphatic carbocycles. The van der Waals surface area contributed by atoms with Gasteiger partial charge in [-0.15, -0.1) is 0 Å². The average Bonchev–Trinajstić information content (AvgIpc) is 2.61. The van der Waals surface area contributed by atoms with Gasteiger partial charge in [0.05, 0.1) is 16.8 Å². The molecule has 1 aliphatic rings. The van der Waals surface area contributed by atoms with E-state index in [-0.39, 0.29) is 11.9 Å². The molecule has 2 aromatic rings. The molecule has 0 saturated heterocycles. The van der Waals surface area contributed by atoms with E-state index >= 15 is 0 Å². The molecule has 0 radical (unpaired) electrons. The molecule has 1 unspecified atom stereocenters. The average molecular weight is 345 g/mol. The lowest BCUT2D eigenvalue weighted by Crippen LogP contribution is -2.25. The fraction of sp³-hybridized carbons (Fsp3) is 0.222. The van der Waals surface area contributed by atoms with Crippen LogP contribution in [-0.2, 0) is 4.79 Å². The Morgan fingerprint density at radius 1 is 1.33 bits per heavy atom. The minimum Gasteiger partial charge on any atom is -0.486 e. The van der Waals surface area contributed by atoms with Crippen LogP contribution in [0.3, 0.4) is 0 Å². The number of ether oxygens (including phenoxy) is 2. The topological polar surface area (TPSA) is 60.5 Å². The summed E-state index contributed by atoms with van der Waals surface area (Å²) in [5.74, 6) is 0.933. The molecular formula is C18H17ClN2O3. The van der Waals surface area contributed by atoms with Crippen LogP contribution in [0.15, 0.2) is 42.6 Å². The van der Waals surface area contributed by atoms with Gasteiger partial charge in [0.15, 0.2) is 11.5 Å². The predicted octanol–water partition coefficient (Wildman–Crippen LogP) is 3.40. The van der Waals surface area contributed by atoms with E-state index in [1.165, 1.54) is 6.08 Å². The van der Waals surface area contributed by atoms with Crippen molar-refractivity contribution < 1.29 is 14.3 Å². The second-order valence-corrected chi connectivity index (χ2v) is 5.75. The molecule has 0 bridgehead atoms. The van der Waals surface area contributed by atoms with Crippen molar-refractivity contribution in [3.8, 4) is 11.5 Å². The first-order valence-corrected chi connectivity index (χ1v) is 8.00. The molecule has 3 rings (SSSR count). The highest BCUT2D eigenvalue weighted by Crippen LogP contribution is 2.38. The standard InChI is InChI=1S/C18H17ClN2O3/c1-12(15-4-2-3-7-20-15)21-17(22)6-5-13-10-14(19)18-16(11-13)23-8-9-24-18/h2-7,10-12H,8-9H2,1H3,(H,21,22). The summed E-state index contributed by atoms with van der Waals surface area (Å²) in [6.07, 6.45) is 4.84. The van der Waals surface area contributed by atoms with Gasteiger partial charge in [-0.05, 0) is 42.8 Å². The third kappa shape index (κ3) is 3.86. The Morgan fingerprint density at radius 3 is 2.96 bits per heavy atom. The minimum absolute atomic E-state index is 0.174. The fourth-order valence-electron chi connectivity index (χ4n) is 2.37. The van der Waals surface area contributed by atoms with Gasteiger partial charge < -0.3 is 14.8 Å². The van der Waals surface area contributed by atoms with E-state index in [0.29, 0.717) is 29.7 Å². The second kappa shape index (κ2) is 7.36. The Bertz CT molecular complexity index is 762. The van der Waals surface area contributed by atoms with Crippen LogP contribution in [0.4, 0.5) is 0 Å². The summed E-state index contributed by atoms with van der Waals surface area (Å²) in [6.45, 7) is 2.85. The van der Waals surface area contributed by atoms with Crippen LogP contribution in [0.2, 0.25) is 5.02 Å². The van der Waals surface area contributed by atoms with Crippen molar-refractivity contribution in [1.82, 2.24) is 10.3 Å². The highest BCUT2D eigenvalue weighted by molar-refractivity contribution is 6.32. The van der Waals surface area contributed by atoms with Gasteiger partial charge >= 0.3 is 0 Å². The molecule has 6 heteroatoms. The third-order valence-electron chi connectivity index (χ3n) is 3.54. The first-order valence-electron chi connectivity index (χ1n) is 7.62. The van der Waals surface area contributed by atoms with Crippen molar-refractivity contribution in [2.75, 3.05) is 13.2 Å². The lowest BCUT2D eigenvalue weighted by molar-refractivity contribution is -0.117. The largest absolute Gasteiger partial charge is 0.486 e. The first kappa shape index (κ1) is 16.3.